The van der Waals surface area contributed by atoms with E-state index in [0.717, 1.165) is 29.8 Å². The first-order valence-corrected chi connectivity index (χ1v) is 5.38. The van der Waals surface area contributed by atoms with E-state index >= 15 is 0 Å². The molecule has 0 saturated carbocycles. The molecule has 0 unspecified atom stereocenters. The highest BCUT2D eigenvalue weighted by atomic mass is 16.1. The second-order valence-corrected chi connectivity index (χ2v) is 4.02. The third-order valence-corrected chi connectivity index (χ3v) is 2.92. The summed E-state index contributed by atoms with van der Waals surface area (Å²) in [5.41, 5.74) is 4.20. The normalized spacial score (nSPS) is 10.4. The summed E-state index contributed by atoms with van der Waals surface area (Å²) in [6.07, 6.45) is 0.920. The molecule has 0 aliphatic rings. The fourth-order valence-electron chi connectivity index (χ4n) is 1.96. The molecule has 1 aromatic carbocycles. The zero-order chi connectivity index (χ0) is 11.5. The summed E-state index contributed by atoms with van der Waals surface area (Å²) in [6, 6.07) is 12.2. The van der Waals surface area contributed by atoms with Crippen LogP contribution in [0.2, 0.25) is 0 Å². The SMILES string of the molecule is Cc1cc(C=O)c(C)n1Cc1ccccc1. The van der Waals surface area contributed by atoms with Crippen molar-refractivity contribution in [2.24, 2.45) is 0 Å². The third-order valence-electron chi connectivity index (χ3n) is 2.92. The molecule has 0 saturated heterocycles. The molecule has 2 aromatic rings. The molecular weight excluding hydrogens is 198 g/mol. The molecule has 0 fully saturated rings. The lowest BCUT2D eigenvalue weighted by atomic mass is 10.2. The minimum atomic E-state index is 0.786. The Morgan fingerprint density at radius 1 is 1.19 bits per heavy atom. The van der Waals surface area contributed by atoms with E-state index < -0.39 is 0 Å². The lowest BCUT2D eigenvalue weighted by Gasteiger charge is -2.09. The van der Waals surface area contributed by atoms with Gasteiger partial charge in [-0.1, -0.05) is 30.3 Å². The second-order valence-electron chi connectivity index (χ2n) is 4.02. The molecule has 0 radical (unpaired) electrons. The van der Waals surface area contributed by atoms with Crippen LogP contribution in [0.4, 0.5) is 0 Å². The van der Waals surface area contributed by atoms with E-state index in [0.29, 0.717) is 0 Å². The van der Waals surface area contributed by atoms with Crippen LogP contribution in [-0.2, 0) is 6.54 Å². The largest absolute Gasteiger partial charge is 0.344 e. The average Bonchev–Trinajstić information content (AvgIpc) is 2.58. The third kappa shape index (κ3) is 1.91. The van der Waals surface area contributed by atoms with Gasteiger partial charge in [0.2, 0.25) is 0 Å². The van der Waals surface area contributed by atoms with Crippen molar-refractivity contribution in [2.75, 3.05) is 0 Å². The van der Waals surface area contributed by atoms with Gasteiger partial charge in [0.15, 0.2) is 6.29 Å². The van der Waals surface area contributed by atoms with Crippen molar-refractivity contribution in [3.63, 3.8) is 0 Å². The predicted molar refractivity (Wildman–Crippen MR) is 64.8 cm³/mol. The molecule has 2 heteroatoms. The fourth-order valence-corrected chi connectivity index (χ4v) is 1.96. The Morgan fingerprint density at radius 3 is 2.44 bits per heavy atom. The molecule has 0 bridgehead atoms. The summed E-state index contributed by atoms with van der Waals surface area (Å²) in [4.78, 5) is 10.8. The van der Waals surface area contributed by atoms with Crippen LogP contribution >= 0.6 is 0 Å². The maximum atomic E-state index is 10.8. The van der Waals surface area contributed by atoms with E-state index in [9.17, 15) is 4.79 Å². The zero-order valence-corrected chi connectivity index (χ0v) is 9.60. The molecule has 82 valence electrons. The maximum absolute atomic E-state index is 10.8. The standard InChI is InChI=1S/C14H15NO/c1-11-8-14(10-16)12(2)15(11)9-13-6-4-3-5-7-13/h3-8,10H,9H2,1-2H3. The molecule has 0 aliphatic carbocycles. The Bertz CT molecular complexity index is 497. The summed E-state index contributed by atoms with van der Waals surface area (Å²) in [6.45, 7) is 4.84. The number of carbonyl (C=O) groups excluding carboxylic acids is 1. The lowest BCUT2D eigenvalue weighted by Crippen LogP contribution is -2.03. The van der Waals surface area contributed by atoms with E-state index in [1.807, 2.05) is 38.1 Å². The minimum Gasteiger partial charge on any atom is -0.344 e. The van der Waals surface area contributed by atoms with Gasteiger partial charge < -0.3 is 4.57 Å². The smallest absolute Gasteiger partial charge is 0.151 e. The van der Waals surface area contributed by atoms with Gasteiger partial charge in [-0.25, -0.2) is 0 Å². The van der Waals surface area contributed by atoms with Crippen LogP contribution in [0.1, 0.15) is 27.3 Å². The monoisotopic (exact) mass is 213 g/mol. The number of hydrogen-bond acceptors (Lipinski definition) is 1. The number of aldehydes is 1. The summed E-state index contributed by atoms with van der Waals surface area (Å²) in [5.74, 6) is 0. The van der Waals surface area contributed by atoms with Gasteiger partial charge in [0.05, 0.1) is 0 Å². The van der Waals surface area contributed by atoms with Crippen molar-refractivity contribution in [2.45, 2.75) is 20.4 Å². The van der Waals surface area contributed by atoms with E-state index in [1.54, 1.807) is 0 Å². The van der Waals surface area contributed by atoms with Gasteiger partial charge in [-0.05, 0) is 25.5 Å². The molecule has 0 spiro atoms. The van der Waals surface area contributed by atoms with Crippen LogP contribution in [0.15, 0.2) is 36.4 Å². The van der Waals surface area contributed by atoms with Crippen LogP contribution in [-0.4, -0.2) is 10.9 Å². The first kappa shape index (κ1) is 10.7. The van der Waals surface area contributed by atoms with Crippen LogP contribution in [0.25, 0.3) is 0 Å². The molecule has 16 heavy (non-hydrogen) atoms. The summed E-state index contributed by atoms with van der Waals surface area (Å²) in [7, 11) is 0. The summed E-state index contributed by atoms with van der Waals surface area (Å²) < 4.78 is 2.17. The first-order valence-electron chi connectivity index (χ1n) is 5.38. The number of aromatic nitrogens is 1. The first-order chi connectivity index (χ1) is 7.72. The zero-order valence-electron chi connectivity index (χ0n) is 9.60. The lowest BCUT2D eigenvalue weighted by molar-refractivity contribution is 0.112. The van der Waals surface area contributed by atoms with Gasteiger partial charge in [-0.2, -0.15) is 0 Å². The molecule has 2 rings (SSSR count). The van der Waals surface area contributed by atoms with Crippen molar-refractivity contribution in [3.05, 3.63) is 58.9 Å². The topological polar surface area (TPSA) is 22.0 Å². The van der Waals surface area contributed by atoms with E-state index in [2.05, 4.69) is 16.7 Å². The molecule has 1 heterocycles. The molecule has 0 N–H and O–H groups in total. The maximum Gasteiger partial charge on any atom is 0.151 e. The minimum absolute atomic E-state index is 0.786. The predicted octanol–water partition coefficient (Wildman–Crippen LogP) is 2.97. The summed E-state index contributed by atoms with van der Waals surface area (Å²) in [5, 5.41) is 0. The molecule has 2 nitrogen and oxygen atoms in total. The van der Waals surface area contributed by atoms with Gasteiger partial charge in [0.1, 0.15) is 0 Å². The highest BCUT2D eigenvalue weighted by Crippen LogP contribution is 2.15. The molecule has 0 amide bonds. The molecule has 0 atom stereocenters. The Balaban J connectivity index is 2.35. The Labute approximate surface area is 95.5 Å². The van der Waals surface area contributed by atoms with Crippen LogP contribution in [0.5, 0.6) is 0 Å². The van der Waals surface area contributed by atoms with Crippen molar-refractivity contribution in [1.82, 2.24) is 4.57 Å². The highest BCUT2D eigenvalue weighted by Gasteiger charge is 2.07. The van der Waals surface area contributed by atoms with Crippen LogP contribution in [0.3, 0.4) is 0 Å². The fraction of sp³-hybridized carbons (Fsp3) is 0.214. The Hall–Kier alpha value is -1.83. The number of rotatable bonds is 3. The van der Waals surface area contributed by atoms with Gasteiger partial charge in [-0.3, -0.25) is 4.79 Å². The van der Waals surface area contributed by atoms with Crippen molar-refractivity contribution in [3.8, 4) is 0 Å². The number of hydrogen-bond donors (Lipinski definition) is 0. The van der Waals surface area contributed by atoms with Gasteiger partial charge >= 0.3 is 0 Å². The van der Waals surface area contributed by atoms with E-state index in [1.165, 1.54) is 5.56 Å². The van der Waals surface area contributed by atoms with Crippen molar-refractivity contribution in [1.29, 1.82) is 0 Å². The van der Waals surface area contributed by atoms with Gasteiger partial charge in [0, 0.05) is 23.5 Å². The number of carbonyl (C=O) groups is 1. The van der Waals surface area contributed by atoms with E-state index in [-0.39, 0.29) is 0 Å². The van der Waals surface area contributed by atoms with Gasteiger partial charge in [0.25, 0.3) is 0 Å². The van der Waals surface area contributed by atoms with Crippen LogP contribution in [0, 0.1) is 13.8 Å². The number of benzene rings is 1. The van der Waals surface area contributed by atoms with E-state index in [4.69, 9.17) is 0 Å². The van der Waals surface area contributed by atoms with Gasteiger partial charge in [-0.15, -0.1) is 0 Å². The highest BCUT2D eigenvalue weighted by molar-refractivity contribution is 5.77. The van der Waals surface area contributed by atoms with Crippen molar-refractivity contribution < 1.29 is 4.79 Å². The number of nitrogens with zero attached hydrogens (tertiary/aromatic N) is 1. The number of aryl methyl sites for hydroxylation is 1. The second kappa shape index (κ2) is 4.35. The summed E-state index contributed by atoms with van der Waals surface area (Å²) >= 11 is 0. The van der Waals surface area contributed by atoms with Crippen LogP contribution < -0.4 is 0 Å². The van der Waals surface area contributed by atoms with Crippen molar-refractivity contribution >= 4 is 6.29 Å². The molecular formula is C14H15NO. The molecule has 0 aliphatic heterocycles. The molecule has 1 aromatic heterocycles. The Kier molecular flexibility index (Phi) is 2.91. The Morgan fingerprint density at radius 2 is 1.88 bits per heavy atom. The quantitative estimate of drug-likeness (QED) is 0.718. The average molecular weight is 213 g/mol.